The molecular weight excluding hydrogens is 424 g/mol. The van der Waals surface area contributed by atoms with E-state index in [2.05, 4.69) is 5.32 Å². The van der Waals surface area contributed by atoms with Crippen LogP contribution in [0.25, 0.3) is 6.08 Å². The first-order valence-corrected chi connectivity index (χ1v) is 11.7. The molecule has 0 aromatic heterocycles. The van der Waals surface area contributed by atoms with Crippen LogP contribution in [-0.2, 0) is 4.79 Å². The van der Waals surface area contributed by atoms with Crippen molar-refractivity contribution in [2.24, 2.45) is 0 Å². The maximum Gasteiger partial charge on any atom is 0.264 e. The third-order valence-electron chi connectivity index (χ3n) is 5.79. The summed E-state index contributed by atoms with van der Waals surface area (Å²) < 4.78 is 11.0. The Hall–Kier alpha value is -2.93. The maximum absolute atomic E-state index is 13.1. The average molecular weight is 453 g/mol. The number of hydrogen-bond donors (Lipinski definition) is 1. The molecule has 2 aromatic carbocycles. The van der Waals surface area contributed by atoms with Gasteiger partial charge in [0.15, 0.2) is 11.5 Å². The van der Waals surface area contributed by atoms with Gasteiger partial charge in [0, 0.05) is 23.5 Å². The summed E-state index contributed by atoms with van der Waals surface area (Å²) in [5, 5.41) is 3.11. The molecule has 7 heteroatoms. The molecule has 0 radical (unpaired) electrons. The SMILES string of the molecule is CCOc1ccc(/C=C2/Sc3ccc(C(=O)NC4CCCC4)cc3N(C)C2=O)cc1OC. The normalized spacial score (nSPS) is 17.4. The Balaban J connectivity index is 1.57. The number of amides is 2. The van der Waals surface area contributed by atoms with Crippen LogP contribution < -0.4 is 19.7 Å². The lowest BCUT2D eigenvalue weighted by Gasteiger charge is -2.27. The predicted octanol–water partition coefficient (Wildman–Crippen LogP) is 4.88. The molecule has 2 amide bonds. The van der Waals surface area contributed by atoms with Crippen molar-refractivity contribution in [2.45, 2.75) is 43.5 Å². The summed E-state index contributed by atoms with van der Waals surface area (Å²) >= 11 is 1.41. The van der Waals surface area contributed by atoms with Crippen LogP contribution in [-0.4, -0.2) is 38.6 Å². The van der Waals surface area contributed by atoms with Crippen molar-refractivity contribution in [1.82, 2.24) is 5.32 Å². The first-order valence-electron chi connectivity index (χ1n) is 10.9. The highest BCUT2D eigenvalue weighted by Gasteiger charge is 2.28. The molecule has 4 rings (SSSR count). The highest BCUT2D eigenvalue weighted by atomic mass is 32.2. The summed E-state index contributed by atoms with van der Waals surface area (Å²) in [6, 6.07) is 11.4. The van der Waals surface area contributed by atoms with Crippen LogP contribution in [0.5, 0.6) is 11.5 Å². The molecule has 0 bridgehead atoms. The van der Waals surface area contributed by atoms with E-state index in [0.29, 0.717) is 28.6 Å². The Kier molecular flexibility index (Phi) is 6.74. The Morgan fingerprint density at radius 1 is 1.19 bits per heavy atom. The van der Waals surface area contributed by atoms with Crippen LogP contribution in [0.3, 0.4) is 0 Å². The molecule has 1 fully saturated rings. The lowest BCUT2D eigenvalue weighted by molar-refractivity contribution is -0.114. The van der Waals surface area contributed by atoms with Gasteiger partial charge in [-0.25, -0.2) is 0 Å². The number of ether oxygens (including phenoxy) is 2. The van der Waals surface area contributed by atoms with Gasteiger partial charge in [0.05, 0.1) is 24.3 Å². The van der Waals surface area contributed by atoms with E-state index in [1.54, 1.807) is 25.1 Å². The smallest absolute Gasteiger partial charge is 0.264 e. The highest BCUT2D eigenvalue weighted by molar-refractivity contribution is 8.04. The zero-order valence-corrected chi connectivity index (χ0v) is 19.5. The minimum Gasteiger partial charge on any atom is -0.493 e. The number of hydrogen-bond acceptors (Lipinski definition) is 5. The number of methoxy groups -OCH3 is 1. The van der Waals surface area contributed by atoms with Gasteiger partial charge in [-0.05, 0) is 61.7 Å². The van der Waals surface area contributed by atoms with Gasteiger partial charge < -0.3 is 19.7 Å². The molecule has 1 aliphatic carbocycles. The molecule has 32 heavy (non-hydrogen) atoms. The molecule has 0 saturated heterocycles. The summed E-state index contributed by atoms with van der Waals surface area (Å²) in [5.74, 6) is 1.11. The number of benzene rings is 2. The topological polar surface area (TPSA) is 67.9 Å². The van der Waals surface area contributed by atoms with Gasteiger partial charge in [0.1, 0.15) is 0 Å². The molecule has 2 aliphatic rings. The van der Waals surface area contributed by atoms with Gasteiger partial charge in [0.2, 0.25) is 0 Å². The number of carbonyl (C=O) groups excluding carboxylic acids is 2. The van der Waals surface area contributed by atoms with Crippen molar-refractivity contribution in [3.05, 3.63) is 52.4 Å². The molecule has 0 unspecified atom stereocenters. The van der Waals surface area contributed by atoms with Crippen LogP contribution in [0, 0.1) is 0 Å². The molecule has 1 N–H and O–H groups in total. The number of anilines is 1. The number of fused-ring (bicyclic) bond motifs is 1. The Bertz CT molecular complexity index is 1060. The van der Waals surface area contributed by atoms with Crippen molar-refractivity contribution in [2.75, 3.05) is 25.7 Å². The number of nitrogens with zero attached hydrogens (tertiary/aromatic N) is 1. The second-order valence-corrected chi connectivity index (χ2v) is 9.04. The fourth-order valence-corrected chi connectivity index (χ4v) is 5.17. The molecular formula is C25H28N2O4S. The standard InChI is InChI=1S/C25H28N2O4S/c1-4-31-20-11-9-16(13-21(20)30-3)14-23-25(29)27(2)19-15-17(10-12-22(19)32-23)24(28)26-18-7-5-6-8-18/h9-15,18H,4-8H2,1-3H3,(H,26,28)/b23-14+. The number of carbonyl (C=O) groups is 2. The van der Waals surface area contributed by atoms with Gasteiger partial charge in [-0.15, -0.1) is 0 Å². The minimum absolute atomic E-state index is 0.0756. The van der Waals surface area contributed by atoms with Crippen LogP contribution in [0.1, 0.15) is 48.5 Å². The van der Waals surface area contributed by atoms with Gasteiger partial charge in [-0.2, -0.15) is 0 Å². The summed E-state index contributed by atoms with van der Waals surface area (Å²) in [4.78, 5) is 28.9. The number of rotatable bonds is 6. The lowest BCUT2D eigenvalue weighted by Crippen LogP contribution is -2.33. The fourth-order valence-electron chi connectivity index (χ4n) is 4.07. The van der Waals surface area contributed by atoms with Crippen LogP contribution in [0.2, 0.25) is 0 Å². The van der Waals surface area contributed by atoms with E-state index in [-0.39, 0.29) is 17.9 Å². The largest absolute Gasteiger partial charge is 0.493 e. The van der Waals surface area contributed by atoms with E-state index < -0.39 is 0 Å². The third kappa shape index (κ3) is 4.63. The number of thioether (sulfide) groups is 1. The fraction of sp³-hybridized carbons (Fsp3) is 0.360. The van der Waals surface area contributed by atoms with Crippen molar-refractivity contribution in [3.8, 4) is 11.5 Å². The molecule has 0 spiro atoms. The Morgan fingerprint density at radius 2 is 1.97 bits per heavy atom. The van der Waals surface area contributed by atoms with Crippen LogP contribution in [0.4, 0.5) is 5.69 Å². The van der Waals surface area contributed by atoms with Crippen molar-refractivity contribution >= 4 is 35.3 Å². The summed E-state index contributed by atoms with van der Waals surface area (Å²) in [6.45, 7) is 2.47. The lowest BCUT2D eigenvalue weighted by atomic mass is 10.1. The van der Waals surface area contributed by atoms with Gasteiger partial charge in [-0.1, -0.05) is 30.7 Å². The predicted molar refractivity (Wildman–Crippen MR) is 128 cm³/mol. The quantitative estimate of drug-likeness (QED) is 0.633. The zero-order valence-electron chi connectivity index (χ0n) is 18.6. The van der Waals surface area contributed by atoms with E-state index >= 15 is 0 Å². The molecule has 168 valence electrons. The zero-order chi connectivity index (χ0) is 22.7. The highest BCUT2D eigenvalue weighted by Crippen LogP contribution is 2.42. The average Bonchev–Trinajstić information content (AvgIpc) is 3.31. The van der Waals surface area contributed by atoms with Crippen LogP contribution in [0.15, 0.2) is 46.2 Å². The number of nitrogens with one attached hydrogen (secondary N) is 1. The molecule has 1 saturated carbocycles. The first kappa shape index (κ1) is 22.3. The molecule has 1 heterocycles. The molecule has 1 aliphatic heterocycles. The summed E-state index contributed by atoms with van der Waals surface area (Å²) in [7, 11) is 3.34. The molecule has 2 aromatic rings. The van der Waals surface area contributed by atoms with Gasteiger partial charge >= 0.3 is 0 Å². The van der Waals surface area contributed by atoms with E-state index in [9.17, 15) is 9.59 Å². The molecule has 6 nitrogen and oxygen atoms in total. The van der Waals surface area contributed by atoms with E-state index in [1.807, 2.05) is 43.3 Å². The maximum atomic E-state index is 13.1. The summed E-state index contributed by atoms with van der Waals surface area (Å²) in [5.41, 5.74) is 2.19. The Labute approximate surface area is 193 Å². The number of likely N-dealkylation sites (N-methyl/N-ethyl adjacent to an activating group) is 1. The van der Waals surface area contributed by atoms with Crippen molar-refractivity contribution in [3.63, 3.8) is 0 Å². The van der Waals surface area contributed by atoms with Crippen molar-refractivity contribution in [1.29, 1.82) is 0 Å². The second-order valence-electron chi connectivity index (χ2n) is 7.96. The van der Waals surface area contributed by atoms with Crippen LogP contribution >= 0.6 is 11.8 Å². The molecule has 0 atom stereocenters. The van der Waals surface area contributed by atoms with E-state index in [0.717, 1.165) is 29.0 Å². The first-order chi connectivity index (χ1) is 15.5. The third-order valence-corrected chi connectivity index (χ3v) is 6.87. The monoisotopic (exact) mass is 452 g/mol. The van der Waals surface area contributed by atoms with Crippen molar-refractivity contribution < 1.29 is 19.1 Å². The second kappa shape index (κ2) is 9.69. The summed E-state index contributed by atoms with van der Waals surface area (Å²) in [6.07, 6.45) is 6.26. The minimum atomic E-state index is -0.108. The van der Waals surface area contributed by atoms with E-state index in [4.69, 9.17) is 9.47 Å². The van der Waals surface area contributed by atoms with E-state index in [1.165, 1.54) is 24.6 Å². The van der Waals surface area contributed by atoms with Gasteiger partial charge in [0.25, 0.3) is 11.8 Å². The van der Waals surface area contributed by atoms with Gasteiger partial charge in [-0.3, -0.25) is 9.59 Å². The Morgan fingerprint density at radius 3 is 2.69 bits per heavy atom.